The highest BCUT2D eigenvalue weighted by atomic mass is 16.5. The Bertz CT molecular complexity index is 858. The van der Waals surface area contributed by atoms with Gasteiger partial charge in [0, 0.05) is 32.4 Å². The SMILES string of the molecule is CN(C(=O)[C@H]1CCc2cc(N)ccc2O1)[C@H](CN1CC[C@H](O)C1)c1ccccc1. The summed E-state index contributed by atoms with van der Waals surface area (Å²) in [7, 11) is 1.86. The highest BCUT2D eigenvalue weighted by Crippen LogP contribution is 2.31. The fourth-order valence-corrected chi connectivity index (χ4v) is 4.31. The summed E-state index contributed by atoms with van der Waals surface area (Å²) in [4.78, 5) is 17.4. The Labute approximate surface area is 171 Å². The Morgan fingerprint density at radius 2 is 2.07 bits per heavy atom. The van der Waals surface area contributed by atoms with Crippen LogP contribution in [0.2, 0.25) is 0 Å². The van der Waals surface area contributed by atoms with Crippen LogP contribution in [0.15, 0.2) is 48.5 Å². The first-order chi connectivity index (χ1) is 14.0. The molecule has 6 nitrogen and oxygen atoms in total. The Kier molecular flexibility index (Phi) is 5.74. The molecule has 6 heteroatoms. The molecule has 29 heavy (non-hydrogen) atoms. The number of aliphatic hydroxyl groups excluding tert-OH is 1. The quantitative estimate of drug-likeness (QED) is 0.759. The summed E-state index contributed by atoms with van der Waals surface area (Å²) in [5, 5.41) is 9.90. The van der Waals surface area contributed by atoms with Gasteiger partial charge in [-0.25, -0.2) is 0 Å². The largest absolute Gasteiger partial charge is 0.480 e. The first-order valence-electron chi connectivity index (χ1n) is 10.3. The molecule has 0 bridgehead atoms. The van der Waals surface area contributed by atoms with Crippen LogP contribution in [0.5, 0.6) is 5.75 Å². The van der Waals surface area contributed by atoms with Crippen LogP contribution in [0.4, 0.5) is 5.69 Å². The van der Waals surface area contributed by atoms with E-state index in [4.69, 9.17) is 10.5 Å². The molecule has 2 aliphatic heterocycles. The van der Waals surface area contributed by atoms with E-state index in [2.05, 4.69) is 17.0 Å². The molecule has 154 valence electrons. The average molecular weight is 396 g/mol. The Morgan fingerprint density at radius 3 is 2.79 bits per heavy atom. The van der Waals surface area contributed by atoms with E-state index in [1.807, 2.05) is 42.3 Å². The first-order valence-corrected chi connectivity index (χ1v) is 10.3. The summed E-state index contributed by atoms with van der Waals surface area (Å²) in [6.45, 7) is 2.20. The number of β-amino-alcohol motifs (C(OH)–C–C–N with tert-alkyl or cyclic N) is 1. The standard InChI is InChI=1S/C23H29N3O3/c1-25(23(28)22-9-7-17-13-18(24)8-10-21(17)29-22)20(16-5-3-2-4-6-16)15-26-12-11-19(27)14-26/h2-6,8,10,13,19-20,22,27H,7,9,11-12,14-15,24H2,1H3/t19-,20+,22+/m0/s1. The zero-order chi connectivity index (χ0) is 20.4. The van der Waals surface area contributed by atoms with E-state index >= 15 is 0 Å². The van der Waals surface area contributed by atoms with Crippen LogP contribution in [-0.2, 0) is 11.2 Å². The molecule has 1 fully saturated rings. The number of anilines is 1. The van der Waals surface area contributed by atoms with E-state index in [1.54, 1.807) is 6.07 Å². The molecule has 2 aromatic rings. The van der Waals surface area contributed by atoms with Crippen LogP contribution in [-0.4, -0.2) is 59.7 Å². The zero-order valence-corrected chi connectivity index (χ0v) is 16.8. The van der Waals surface area contributed by atoms with E-state index in [-0.39, 0.29) is 18.1 Å². The molecule has 0 radical (unpaired) electrons. The molecule has 0 aromatic heterocycles. The highest BCUT2D eigenvalue weighted by molar-refractivity contribution is 5.82. The lowest BCUT2D eigenvalue weighted by Gasteiger charge is -2.35. The van der Waals surface area contributed by atoms with Gasteiger partial charge >= 0.3 is 0 Å². The normalized spacial score (nSPS) is 22.6. The summed E-state index contributed by atoms with van der Waals surface area (Å²) < 4.78 is 6.04. The third-order valence-corrected chi connectivity index (χ3v) is 5.98. The Morgan fingerprint density at radius 1 is 1.28 bits per heavy atom. The molecule has 3 N–H and O–H groups in total. The second-order valence-corrected chi connectivity index (χ2v) is 8.09. The molecule has 2 aliphatic rings. The van der Waals surface area contributed by atoms with E-state index in [1.165, 1.54) is 0 Å². The molecule has 4 rings (SSSR count). The minimum absolute atomic E-state index is 0.0129. The molecule has 0 spiro atoms. The second kappa shape index (κ2) is 8.43. The zero-order valence-electron chi connectivity index (χ0n) is 16.8. The summed E-state index contributed by atoms with van der Waals surface area (Å²) in [6.07, 6.45) is 1.43. The van der Waals surface area contributed by atoms with Gasteiger partial charge in [-0.3, -0.25) is 9.69 Å². The number of amides is 1. The van der Waals surface area contributed by atoms with E-state index in [0.29, 0.717) is 25.2 Å². The number of benzene rings is 2. The molecular weight excluding hydrogens is 366 g/mol. The molecule has 0 unspecified atom stereocenters. The number of fused-ring (bicyclic) bond motifs is 1. The van der Waals surface area contributed by atoms with Crippen LogP contribution in [0.25, 0.3) is 0 Å². The van der Waals surface area contributed by atoms with Crippen molar-refractivity contribution in [2.24, 2.45) is 0 Å². The summed E-state index contributed by atoms with van der Waals surface area (Å²) in [6, 6.07) is 15.6. The van der Waals surface area contributed by atoms with Gasteiger partial charge in [-0.1, -0.05) is 30.3 Å². The van der Waals surface area contributed by atoms with Crippen LogP contribution in [0, 0.1) is 0 Å². The highest BCUT2D eigenvalue weighted by Gasteiger charge is 2.34. The lowest BCUT2D eigenvalue weighted by Crippen LogP contribution is -2.46. The second-order valence-electron chi connectivity index (χ2n) is 8.09. The van der Waals surface area contributed by atoms with Gasteiger partial charge in [0.2, 0.25) is 0 Å². The van der Waals surface area contributed by atoms with Gasteiger partial charge in [0.25, 0.3) is 5.91 Å². The van der Waals surface area contributed by atoms with Crippen molar-refractivity contribution in [2.75, 3.05) is 32.4 Å². The topological polar surface area (TPSA) is 79.0 Å². The van der Waals surface area contributed by atoms with Crippen LogP contribution in [0.3, 0.4) is 0 Å². The van der Waals surface area contributed by atoms with Gasteiger partial charge in [0.05, 0.1) is 12.1 Å². The van der Waals surface area contributed by atoms with Crippen molar-refractivity contribution in [1.29, 1.82) is 0 Å². The number of likely N-dealkylation sites (tertiary alicyclic amines) is 1. The van der Waals surface area contributed by atoms with Gasteiger partial charge in [-0.15, -0.1) is 0 Å². The fraction of sp³-hybridized carbons (Fsp3) is 0.435. The number of aliphatic hydroxyl groups is 1. The van der Waals surface area contributed by atoms with Gasteiger partial charge in [0.15, 0.2) is 6.10 Å². The van der Waals surface area contributed by atoms with Crippen molar-refractivity contribution in [2.45, 2.75) is 37.5 Å². The number of carbonyl (C=O) groups is 1. The maximum Gasteiger partial charge on any atom is 0.263 e. The summed E-state index contributed by atoms with van der Waals surface area (Å²) >= 11 is 0. The van der Waals surface area contributed by atoms with E-state index in [0.717, 1.165) is 36.3 Å². The third kappa shape index (κ3) is 4.38. The fourth-order valence-electron chi connectivity index (χ4n) is 4.31. The predicted octanol–water partition coefficient (Wildman–Crippen LogP) is 2.23. The summed E-state index contributed by atoms with van der Waals surface area (Å²) in [5.41, 5.74) is 8.73. The van der Waals surface area contributed by atoms with Crippen molar-refractivity contribution in [3.63, 3.8) is 0 Å². The van der Waals surface area contributed by atoms with Crippen molar-refractivity contribution in [3.05, 3.63) is 59.7 Å². The number of carbonyl (C=O) groups excluding carboxylic acids is 1. The van der Waals surface area contributed by atoms with Gasteiger partial charge < -0.3 is 20.5 Å². The number of nitrogen functional groups attached to an aromatic ring is 1. The van der Waals surface area contributed by atoms with Crippen molar-refractivity contribution < 1.29 is 14.6 Å². The van der Waals surface area contributed by atoms with Gasteiger partial charge in [0.1, 0.15) is 5.75 Å². The minimum Gasteiger partial charge on any atom is -0.480 e. The Hall–Kier alpha value is -2.57. The molecular formula is C23H29N3O3. The molecule has 2 aromatic carbocycles. The van der Waals surface area contributed by atoms with E-state index < -0.39 is 6.10 Å². The minimum atomic E-state index is -0.494. The number of nitrogens with two attached hydrogens (primary N) is 1. The monoisotopic (exact) mass is 395 g/mol. The van der Waals surface area contributed by atoms with Gasteiger partial charge in [-0.05, 0) is 48.6 Å². The number of aryl methyl sites for hydroxylation is 1. The summed E-state index contributed by atoms with van der Waals surface area (Å²) in [5.74, 6) is 0.734. The number of hydrogen-bond donors (Lipinski definition) is 2. The number of rotatable bonds is 5. The molecule has 3 atom stereocenters. The smallest absolute Gasteiger partial charge is 0.263 e. The molecule has 0 saturated carbocycles. The average Bonchev–Trinajstić information content (AvgIpc) is 3.16. The number of likely N-dealkylation sites (N-methyl/N-ethyl adjacent to an activating group) is 1. The molecule has 1 saturated heterocycles. The molecule has 2 heterocycles. The molecule has 1 amide bonds. The van der Waals surface area contributed by atoms with Crippen LogP contribution in [0.1, 0.15) is 30.0 Å². The van der Waals surface area contributed by atoms with Crippen molar-refractivity contribution >= 4 is 11.6 Å². The predicted molar refractivity (Wildman–Crippen MR) is 113 cm³/mol. The maximum absolute atomic E-state index is 13.3. The van der Waals surface area contributed by atoms with Gasteiger partial charge in [-0.2, -0.15) is 0 Å². The number of ether oxygens (including phenoxy) is 1. The number of nitrogens with zero attached hydrogens (tertiary/aromatic N) is 2. The lowest BCUT2D eigenvalue weighted by atomic mass is 9.99. The van der Waals surface area contributed by atoms with E-state index in [9.17, 15) is 9.90 Å². The Balaban J connectivity index is 1.51. The lowest BCUT2D eigenvalue weighted by molar-refractivity contribution is -0.140. The number of hydrogen-bond acceptors (Lipinski definition) is 5. The third-order valence-electron chi connectivity index (χ3n) is 5.98. The maximum atomic E-state index is 13.3. The van der Waals surface area contributed by atoms with Crippen LogP contribution < -0.4 is 10.5 Å². The first kappa shape index (κ1) is 19.7. The van der Waals surface area contributed by atoms with Crippen molar-refractivity contribution in [1.82, 2.24) is 9.80 Å². The van der Waals surface area contributed by atoms with Crippen LogP contribution >= 0.6 is 0 Å². The van der Waals surface area contributed by atoms with Crippen molar-refractivity contribution in [3.8, 4) is 5.75 Å². The molecule has 0 aliphatic carbocycles.